The number of nitrogens with zero attached hydrogens (tertiary/aromatic N) is 4. The Morgan fingerprint density at radius 2 is 1.86 bits per heavy atom. The summed E-state index contributed by atoms with van der Waals surface area (Å²) in [6, 6.07) is 7.57. The second kappa shape index (κ2) is 14.2. The van der Waals surface area contributed by atoms with Crippen LogP contribution >= 0.6 is 0 Å². The first kappa shape index (κ1) is 28.8. The molecule has 0 aliphatic carbocycles. The number of hydrogen-bond donors (Lipinski definition) is 3. The molecule has 0 saturated heterocycles. The Morgan fingerprint density at radius 3 is 2.49 bits per heavy atom. The Bertz CT molecular complexity index is 1190. The Hall–Kier alpha value is -4.40. The molecule has 0 aliphatic rings. The summed E-state index contributed by atoms with van der Waals surface area (Å²) in [4.78, 5) is 42.5. The van der Waals surface area contributed by atoms with Gasteiger partial charge in [0.25, 0.3) is 5.91 Å². The van der Waals surface area contributed by atoms with Gasteiger partial charge in [-0.15, -0.1) is 0 Å². The number of ether oxygens (including phenoxy) is 2. The lowest BCUT2D eigenvalue weighted by molar-refractivity contribution is -0.145. The van der Waals surface area contributed by atoms with Gasteiger partial charge in [-0.05, 0) is 51.0 Å². The van der Waals surface area contributed by atoms with Gasteiger partial charge in [0.1, 0.15) is 12.1 Å². The zero-order chi connectivity index (χ0) is 27.4. The maximum atomic E-state index is 12.8. The molecule has 2 aromatic rings. The predicted octanol–water partition coefficient (Wildman–Crippen LogP) is 1.89. The lowest BCUT2D eigenvalue weighted by Gasteiger charge is -2.20. The summed E-state index contributed by atoms with van der Waals surface area (Å²) in [6.07, 6.45) is 2.87. The molecule has 1 aromatic heterocycles. The van der Waals surface area contributed by atoms with Crippen LogP contribution in [-0.4, -0.2) is 59.1 Å². The van der Waals surface area contributed by atoms with Crippen LogP contribution in [0.25, 0.3) is 0 Å². The number of rotatable bonds is 13. The summed E-state index contributed by atoms with van der Waals surface area (Å²) in [7, 11) is 1.77. The van der Waals surface area contributed by atoms with E-state index in [-0.39, 0.29) is 31.2 Å². The van der Waals surface area contributed by atoms with Crippen LogP contribution in [0.4, 0.5) is 5.69 Å². The summed E-state index contributed by atoms with van der Waals surface area (Å²) in [5.41, 5.74) is 0.855. The summed E-state index contributed by atoms with van der Waals surface area (Å²) in [6.45, 7) is 4.15. The highest BCUT2D eigenvalue weighted by Crippen LogP contribution is 2.16. The van der Waals surface area contributed by atoms with Crippen LogP contribution in [0.2, 0.25) is 0 Å². The number of nitriles is 1. The van der Waals surface area contributed by atoms with Gasteiger partial charge in [0.15, 0.2) is 11.2 Å². The van der Waals surface area contributed by atoms with Crippen molar-refractivity contribution < 1.29 is 29.1 Å². The van der Waals surface area contributed by atoms with E-state index in [0.717, 1.165) is 5.69 Å². The third-order valence-electron chi connectivity index (χ3n) is 5.36. The first-order valence-corrected chi connectivity index (χ1v) is 11.9. The molecule has 198 valence electrons. The van der Waals surface area contributed by atoms with Crippen molar-refractivity contribution in [1.82, 2.24) is 15.0 Å². The summed E-state index contributed by atoms with van der Waals surface area (Å²) in [5, 5.41) is 29.2. The number of amides is 1. The van der Waals surface area contributed by atoms with Crippen molar-refractivity contribution in [2.75, 3.05) is 25.2 Å². The SMILES string of the molecule is CCOC(=O)CCCCC(NC(=O)c1ccc(N(C)Cc2cn(O)c(=N)c(C#N)n2)cc1)C(=O)OCC. The molecular formula is C25H32N6O6. The third-order valence-corrected chi connectivity index (χ3v) is 5.36. The van der Waals surface area contributed by atoms with Crippen molar-refractivity contribution >= 4 is 23.5 Å². The first-order chi connectivity index (χ1) is 17.7. The summed E-state index contributed by atoms with van der Waals surface area (Å²) >= 11 is 0. The van der Waals surface area contributed by atoms with Crippen molar-refractivity contribution in [1.29, 1.82) is 10.7 Å². The van der Waals surface area contributed by atoms with Gasteiger partial charge in [0.05, 0.1) is 31.6 Å². The summed E-state index contributed by atoms with van der Waals surface area (Å²) < 4.78 is 10.5. The lowest BCUT2D eigenvalue weighted by atomic mass is 10.1. The quantitative estimate of drug-likeness (QED) is 0.206. The van der Waals surface area contributed by atoms with E-state index in [0.29, 0.717) is 41.9 Å². The Balaban J connectivity index is 2.02. The van der Waals surface area contributed by atoms with Gasteiger partial charge < -0.3 is 24.9 Å². The fraction of sp³-hybridized carbons (Fsp3) is 0.440. The van der Waals surface area contributed by atoms with Gasteiger partial charge in [-0.25, -0.2) is 9.78 Å². The van der Waals surface area contributed by atoms with Gasteiger partial charge >= 0.3 is 11.9 Å². The number of hydrogen-bond acceptors (Lipinski definition) is 10. The molecular weight excluding hydrogens is 480 g/mol. The van der Waals surface area contributed by atoms with Gasteiger partial charge in [0, 0.05) is 24.7 Å². The molecule has 1 amide bonds. The molecule has 1 atom stereocenters. The maximum absolute atomic E-state index is 12.8. The first-order valence-electron chi connectivity index (χ1n) is 11.9. The van der Waals surface area contributed by atoms with Crippen LogP contribution < -0.4 is 15.7 Å². The van der Waals surface area contributed by atoms with Crippen molar-refractivity contribution in [3.05, 3.63) is 52.9 Å². The standard InChI is InChI=1S/C25H32N6O6/c1-4-36-22(32)9-7-6-8-20(25(34)37-5-2)29-24(33)17-10-12-19(13-11-17)30(3)15-18-16-31(35)23(27)21(14-26)28-18/h10-13,16,20,27,35H,4-9,15H2,1-3H3,(H,29,33). The second-order valence-electron chi connectivity index (χ2n) is 8.12. The predicted molar refractivity (Wildman–Crippen MR) is 132 cm³/mol. The zero-order valence-electron chi connectivity index (χ0n) is 21.2. The van der Waals surface area contributed by atoms with Crippen molar-refractivity contribution in [3.63, 3.8) is 0 Å². The normalized spacial score (nSPS) is 11.2. The minimum Gasteiger partial charge on any atom is -0.466 e. The molecule has 0 aliphatic heterocycles. The van der Waals surface area contributed by atoms with Crippen LogP contribution in [0.3, 0.4) is 0 Å². The number of carbonyl (C=O) groups is 3. The second-order valence-corrected chi connectivity index (χ2v) is 8.12. The van der Waals surface area contributed by atoms with Crippen LogP contribution in [0.1, 0.15) is 61.3 Å². The zero-order valence-corrected chi connectivity index (χ0v) is 21.2. The molecule has 12 heteroatoms. The average molecular weight is 513 g/mol. The lowest BCUT2D eigenvalue weighted by Crippen LogP contribution is -2.41. The van der Waals surface area contributed by atoms with E-state index in [1.54, 1.807) is 56.1 Å². The van der Waals surface area contributed by atoms with E-state index < -0.39 is 23.4 Å². The van der Waals surface area contributed by atoms with Crippen molar-refractivity contribution in [2.45, 2.75) is 52.1 Å². The molecule has 0 bridgehead atoms. The van der Waals surface area contributed by atoms with Gasteiger partial charge in [0.2, 0.25) is 0 Å². The molecule has 1 unspecified atom stereocenters. The Labute approximate surface area is 214 Å². The minimum absolute atomic E-state index is 0.181. The van der Waals surface area contributed by atoms with Crippen LogP contribution in [-0.2, 0) is 25.6 Å². The van der Waals surface area contributed by atoms with Crippen molar-refractivity contribution in [3.8, 4) is 6.07 Å². The molecule has 1 heterocycles. The van der Waals surface area contributed by atoms with Crippen LogP contribution in [0.15, 0.2) is 30.5 Å². The number of anilines is 1. The van der Waals surface area contributed by atoms with E-state index in [2.05, 4.69) is 10.3 Å². The van der Waals surface area contributed by atoms with E-state index in [9.17, 15) is 19.6 Å². The van der Waals surface area contributed by atoms with Gasteiger partial charge in [-0.2, -0.15) is 9.99 Å². The molecule has 1 aromatic carbocycles. The van der Waals surface area contributed by atoms with E-state index >= 15 is 0 Å². The monoisotopic (exact) mass is 512 g/mol. The number of nitrogens with one attached hydrogen (secondary N) is 2. The molecule has 0 spiro atoms. The highest BCUT2D eigenvalue weighted by atomic mass is 16.5. The molecule has 3 N–H and O–H groups in total. The van der Waals surface area contributed by atoms with E-state index in [1.807, 2.05) is 0 Å². The molecule has 0 radical (unpaired) electrons. The topological polar surface area (TPSA) is 171 Å². The Kier molecular flexibility index (Phi) is 11.1. The van der Waals surface area contributed by atoms with Crippen LogP contribution in [0, 0.1) is 16.7 Å². The van der Waals surface area contributed by atoms with Gasteiger partial charge in [-0.1, -0.05) is 6.42 Å². The minimum atomic E-state index is -0.845. The summed E-state index contributed by atoms with van der Waals surface area (Å²) in [5.74, 6) is -1.27. The van der Waals surface area contributed by atoms with Crippen molar-refractivity contribution in [2.24, 2.45) is 0 Å². The number of unbranched alkanes of at least 4 members (excludes halogenated alkanes) is 1. The molecule has 0 saturated carbocycles. The fourth-order valence-corrected chi connectivity index (χ4v) is 3.48. The smallest absolute Gasteiger partial charge is 0.328 e. The highest BCUT2D eigenvalue weighted by Gasteiger charge is 2.22. The largest absolute Gasteiger partial charge is 0.466 e. The van der Waals surface area contributed by atoms with E-state index in [4.69, 9.17) is 20.1 Å². The molecule has 0 fully saturated rings. The number of carbonyl (C=O) groups excluding carboxylic acids is 3. The molecule has 12 nitrogen and oxygen atoms in total. The molecule has 37 heavy (non-hydrogen) atoms. The fourth-order valence-electron chi connectivity index (χ4n) is 3.48. The number of aromatic nitrogens is 2. The number of esters is 2. The molecule has 2 rings (SSSR count). The Morgan fingerprint density at radius 1 is 1.19 bits per heavy atom. The average Bonchev–Trinajstić information content (AvgIpc) is 2.88. The third kappa shape index (κ3) is 8.64. The number of benzene rings is 1. The van der Waals surface area contributed by atoms with Crippen LogP contribution in [0.5, 0.6) is 0 Å². The van der Waals surface area contributed by atoms with E-state index in [1.165, 1.54) is 6.20 Å². The highest BCUT2D eigenvalue weighted by molar-refractivity contribution is 5.97. The maximum Gasteiger partial charge on any atom is 0.328 e. The van der Waals surface area contributed by atoms with Gasteiger partial charge in [-0.3, -0.25) is 15.0 Å².